The summed E-state index contributed by atoms with van der Waals surface area (Å²) >= 11 is 0. The third-order valence-electron chi connectivity index (χ3n) is 4.09. The molecule has 0 aliphatic carbocycles. The number of nitrogens with two attached hydrogens (primary N) is 2. The van der Waals surface area contributed by atoms with E-state index >= 15 is 0 Å². The SMILES string of the molecule is CC(C)(C)c1cc(NC(=O)Cc2ccc(-c3ccc(N)nc3N)cc2)no1. The van der Waals surface area contributed by atoms with Crippen LogP contribution < -0.4 is 16.8 Å². The van der Waals surface area contributed by atoms with Crippen molar-refractivity contribution in [3.05, 3.63) is 53.8 Å². The van der Waals surface area contributed by atoms with E-state index in [0.29, 0.717) is 17.5 Å². The zero-order valence-corrected chi connectivity index (χ0v) is 15.6. The number of carbonyl (C=O) groups is 1. The van der Waals surface area contributed by atoms with Gasteiger partial charge in [-0.3, -0.25) is 4.79 Å². The van der Waals surface area contributed by atoms with Gasteiger partial charge in [-0.15, -0.1) is 0 Å². The summed E-state index contributed by atoms with van der Waals surface area (Å²) in [6.07, 6.45) is 0.230. The fourth-order valence-corrected chi connectivity index (χ4v) is 2.60. The number of aromatic nitrogens is 2. The Morgan fingerprint density at radius 3 is 2.41 bits per heavy atom. The number of amides is 1. The molecule has 0 aliphatic rings. The van der Waals surface area contributed by atoms with Crippen LogP contribution in [0.3, 0.4) is 0 Å². The van der Waals surface area contributed by atoms with E-state index < -0.39 is 0 Å². The monoisotopic (exact) mass is 365 g/mol. The van der Waals surface area contributed by atoms with E-state index in [9.17, 15) is 4.79 Å². The van der Waals surface area contributed by atoms with Crippen molar-refractivity contribution in [2.45, 2.75) is 32.6 Å². The highest BCUT2D eigenvalue weighted by atomic mass is 16.5. The second-order valence-electron chi connectivity index (χ2n) is 7.42. The Hall–Kier alpha value is -3.35. The number of hydrogen-bond donors (Lipinski definition) is 3. The van der Waals surface area contributed by atoms with Crippen LogP contribution in [0.1, 0.15) is 32.1 Å². The molecule has 2 heterocycles. The van der Waals surface area contributed by atoms with Gasteiger partial charge in [-0.05, 0) is 23.3 Å². The van der Waals surface area contributed by atoms with Crippen LogP contribution in [-0.2, 0) is 16.6 Å². The normalized spacial score (nSPS) is 11.4. The second kappa shape index (κ2) is 7.11. The number of nitrogens with one attached hydrogen (secondary N) is 1. The van der Waals surface area contributed by atoms with E-state index in [-0.39, 0.29) is 17.7 Å². The third-order valence-corrected chi connectivity index (χ3v) is 4.09. The summed E-state index contributed by atoms with van der Waals surface area (Å²) in [4.78, 5) is 16.3. The molecule has 140 valence electrons. The highest BCUT2D eigenvalue weighted by Gasteiger charge is 2.20. The van der Waals surface area contributed by atoms with Crippen LogP contribution >= 0.6 is 0 Å². The van der Waals surface area contributed by atoms with Crippen LogP contribution in [0.25, 0.3) is 11.1 Å². The van der Waals surface area contributed by atoms with E-state index in [1.807, 2.05) is 51.1 Å². The molecule has 2 aromatic heterocycles. The maximum atomic E-state index is 12.3. The van der Waals surface area contributed by atoms with Crippen molar-refractivity contribution in [2.75, 3.05) is 16.8 Å². The molecular weight excluding hydrogens is 342 g/mol. The lowest BCUT2D eigenvalue weighted by molar-refractivity contribution is -0.115. The van der Waals surface area contributed by atoms with Crippen LogP contribution in [0, 0.1) is 0 Å². The van der Waals surface area contributed by atoms with Gasteiger partial charge in [0.25, 0.3) is 0 Å². The van der Waals surface area contributed by atoms with Crippen molar-refractivity contribution < 1.29 is 9.32 Å². The Labute approximate surface area is 157 Å². The molecule has 5 N–H and O–H groups in total. The van der Waals surface area contributed by atoms with E-state index in [0.717, 1.165) is 22.5 Å². The Morgan fingerprint density at radius 1 is 1.11 bits per heavy atom. The van der Waals surface area contributed by atoms with E-state index in [1.54, 1.807) is 12.1 Å². The first-order valence-electron chi connectivity index (χ1n) is 8.61. The average Bonchev–Trinajstić information content (AvgIpc) is 3.04. The van der Waals surface area contributed by atoms with E-state index in [2.05, 4.69) is 15.5 Å². The van der Waals surface area contributed by atoms with Gasteiger partial charge in [-0.2, -0.15) is 0 Å². The van der Waals surface area contributed by atoms with E-state index in [4.69, 9.17) is 16.0 Å². The summed E-state index contributed by atoms with van der Waals surface area (Å²) in [7, 11) is 0. The van der Waals surface area contributed by atoms with Crippen molar-refractivity contribution in [1.82, 2.24) is 10.1 Å². The molecule has 1 aromatic carbocycles. The predicted octanol–water partition coefficient (Wildman–Crippen LogP) is 3.38. The van der Waals surface area contributed by atoms with E-state index in [1.165, 1.54) is 0 Å². The lowest BCUT2D eigenvalue weighted by Gasteiger charge is -2.12. The first-order valence-corrected chi connectivity index (χ1v) is 8.61. The first kappa shape index (κ1) is 18.4. The number of nitrogen functional groups attached to an aromatic ring is 2. The summed E-state index contributed by atoms with van der Waals surface area (Å²) in [6.45, 7) is 6.05. The van der Waals surface area contributed by atoms with Crippen LogP contribution in [0.4, 0.5) is 17.5 Å². The number of nitrogens with zero attached hydrogens (tertiary/aromatic N) is 2. The number of pyridine rings is 1. The summed E-state index contributed by atoms with van der Waals surface area (Å²) in [5.74, 6) is 1.73. The van der Waals surface area contributed by atoms with Gasteiger partial charge >= 0.3 is 0 Å². The van der Waals surface area contributed by atoms with Gasteiger partial charge in [-0.1, -0.05) is 50.2 Å². The second-order valence-corrected chi connectivity index (χ2v) is 7.42. The molecule has 7 nitrogen and oxygen atoms in total. The smallest absolute Gasteiger partial charge is 0.230 e. The molecule has 27 heavy (non-hydrogen) atoms. The van der Waals surface area contributed by atoms with Crippen LogP contribution in [0.2, 0.25) is 0 Å². The maximum Gasteiger partial charge on any atom is 0.230 e. The molecule has 0 fully saturated rings. The van der Waals surface area contributed by atoms with Gasteiger partial charge in [0.2, 0.25) is 5.91 Å². The first-order chi connectivity index (χ1) is 12.7. The van der Waals surface area contributed by atoms with Crippen molar-refractivity contribution in [3.8, 4) is 11.1 Å². The lowest BCUT2D eigenvalue weighted by Crippen LogP contribution is -2.14. The number of hydrogen-bond acceptors (Lipinski definition) is 6. The molecule has 0 unspecified atom stereocenters. The molecule has 3 aromatic rings. The Bertz CT molecular complexity index is 955. The molecule has 3 rings (SSSR count). The number of benzene rings is 1. The van der Waals surface area contributed by atoms with Crippen LogP contribution in [0.15, 0.2) is 47.0 Å². The minimum Gasteiger partial charge on any atom is -0.384 e. The Morgan fingerprint density at radius 2 is 1.81 bits per heavy atom. The van der Waals surface area contributed by atoms with Crippen molar-refractivity contribution >= 4 is 23.4 Å². The molecule has 0 radical (unpaired) electrons. The minimum absolute atomic E-state index is 0.162. The summed E-state index contributed by atoms with van der Waals surface area (Å²) in [6, 6.07) is 12.9. The molecule has 0 spiro atoms. The third kappa shape index (κ3) is 4.44. The van der Waals surface area contributed by atoms with Gasteiger partial charge in [0.1, 0.15) is 17.4 Å². The number of anilines is 3. The number of carbonyl (C=O) groups excluding carboxylic acids is 1. The predicted molar refractivity (Wildman–Crippen MR) is 106 cm³/mol. The molecule has 0 atom stereocenters. The fourth-order valence-electron chi connectivity index (χ4n) is 2.60. The summed E-state index contributed by atoms with van der Waals surface area (Å²) < 4.78 is 5.27. The lowest BCUT2D eigenvalue weighted by atomic mass is 9.93. The summed E-state index contributed by atoms with van der Waals surface area (Å²) in [5.41, 5.74) is 14.0. The average molecular weight is 365 g/mol. The molecule has 0 saturated heterocycles. The van der Waals surface area contributed by atoms with Crippen LogP contribution in [-0.4, -0.2) is 16.0 Å². The van der Waals surface area contributed by atoms with Gasteiger partial charge < -0.3 is 21.3 Å². The van der Waals surface area contributed by atoms with Crippen molar-refractivity contribution in [3.63, 3.8) is 0 Å². The fraction of sp³-hybridized carbons (Fsp3) is 0.250. The highest BCUT2D eigenvalue weighted by molar-refractivity contribution is 5.91. The maximum absolute atomic E-state index is 12.3. The van der Waals surface area contributed by atoms with Crippen LogP contribution in [0.5, 0.6) is 0 Å². The van der Waals surface area contributed by atoms with Gasteiger partial charge in [0.05, 0.1) is 6.42 Å². The van der Waals surface area contributed by atoms with Crippen molar-refractivity contribution in [1.29, 1.82) is 0 Å². The summed E-state index contributed by atoms with van der Waals surface area (Å²) in [5, 5.41) is 6.65. The molecule has 7 heteroatoms. The minimum atomic E-state index is -0.162. The molecule has 0 bridgehead atoms. The molecule has 0 saturated carbocycles. The largest absolute Gasteiger partial charge is 0.384 e. The van der Waals surface area contributed by atoms with Gasteiger partial charge in [-0.25, -0.2) is 4.98 Å². The zero-order valence-electron chi connectivity index (χ0n) is 15.6. The zero-order chi connectivity index (χ0) is 19.6. The van der Waals surface area contributed by atoms with Crippen molar-refractivity contribution in [2.24, 2.45) is 0 Å². The molecular formula is C20H23N5O2. The number of rotatable bonds is 4. The topological polar surface area (TPSA) is 120 Å². The standard InChI is InChI=1S/C20H23N5O2/c1-20(2,3)15-11-17(25-27-15)24-18(26)10-12-4-6-13(7-5-12)14-8-9-16(21)23-19(14)22/h4-9,11H,10H2,1-3H3,(H4,21,22,23)(H,24,25,26). The van der Waals surface area contributed by atoms with Gasteiger partial charge in [0.15, 0.2) is 5.82 Å². The van der Waals surface area contributed by atoms with Gasteiger partial charge in [0, 0.05) is 17.0 Å². The molecule has 0 aliphatic heterocycles. The quantitative estimate of drug-likeness (QED) is 0.652. The molecule has 1 amide bonds. The Balaban J connectivity index is 1.66. The highest BCUT2D eigenvalue weighted by Crippen LogP contribution is 2.26. The Kier molecular flexibility index (Phi) is 4.85.